The third-order valence-electron chi connectivity index (χ3n) is 11.9. The third-order valence-corrected chi connectivity index (χ3v) is 11.9. The SMILES string of the molecule is COC[C@]1(C)C[C@H](C(=O)N2C[C@@H](C(=O)N3C[C@@H](C(=O)N4C[C@@H](C(=O)OC)C[C@@]4(C)COC)C[C@@]3(C)COC)C[C@@]2(C)COC)CN1C(=O)C(C)C. The van der Waals surface area contributed by atoms with Gasteiger partial charge in [-0.25, -0.2) is 0 Å². The van der Waals surface area contributed by atoms with Crippen LogP contribution in [0.25, 0.3) is 0 Å². The van der Waals surface area contributed by atoms with E-state index in [1.807, 2.05) is 41.5 Å². The Morgan fingerprint density at radius 1 is 0.510 bits per heavy atom. The number of rotatable bonds is 13. The Labute approximate surface area is 303 Å². The number of esters is 1. The molecule has 0 aliphatic carbocycles. The number of methoxy groups -OCH3 is 5. The number of hydrogen-bond donors (Lipinski definition) is 0. The highest BCUT2D eigenvalue weighted by Gasteiger charge is 2.57. The quantitative estimate of drug-likeness (QED) is 0.259. The van der Waals surface area contributed by atoms with Gasteiger partial charge < -0.3 is 43.3 Å². The van der Waals surface area contributed by atoms with Crippen LogP contribution in [0, 0.1) is 29.6 Å². The van der Waals surface area contributed by atoms with Gasteiger partial charge in [0.2, 0.25) is 23.6 Å². The molecule has 4 aliphatic heterocycles. The number of carbonyl (C=O) groups is 5. The van der Waals surface area contributed by atoms with Gasteiger partial charge in [0, 0.05) is 60.5 Å². The number of carbonyl (C=O) groups excluding carboxylic acids is 5. The van der Waals surface area contributed by atoms with E-state index < -0.39 is 45.8 Å². The Kier molecular flexibility index (Phi) is 12.6. The molecule has 4 fully saturated rings. The molecule has 0 aromatic carbocycles. The number of likely N-dealkylation sites (tertiary alicyclic amines) is 4. The molecule has 4 amide bonds. The molecule has 0 aromatic heterocycles. The summed E-state index contributed by atoms with van der Waals surface area (Å²) in [6.45, 7) is 13.4. The van der Waals surface area contributed by atoms with Crippen molar-refractivity contribution >= 4 is 29.6 Å². The molecular weight excluding hydrogens is 660 g/mol. The number of nitrogens with zero attached hydrogens (tertiary/aromatic N) is 4. The van der Waals surface area contributed by atoms with Crippen molar-refractivity contribution < 1.29 is 47.7 Å². The second-order valence-corrected chi connectivity index (χ2v) is 16.8. The van der Waals surface area contributed by atoms with Crippen molar-refractivity contribution in [3.63, 3.8) is 0 Å². The Morgan fingerprint density at radius 2 is 0.784 bits per heavy atom. The fourth-order valence-electron chi connectivity index (χ4n) is 9.59. The van der Waals surface area contributed by atoms with Crippen LogP contribution in [0.2, 0.25) is 0 Å². The van der Waals surface area contributed by atoms with E-state index in [0.717, 1.165) is 0 Å². The molecule has 0 bridgehead atoms. The normalized spacial score (nSPS) is 35.3. The summed E-state index contributed by atoms with van der Waals surface area (Å²) in [4.78, 5) is 76.3. The Morgan fingerprint density at radius 3 is 1.08 bits per heavy atom. The third kappa shape index (κ3) is 7.79. The van der Waals surface area contributed by atoms with E-state index in [1.54, 1.807) is 48.0 Å². The first kappa shape index (κ1) is 41.0. The summed E-state index contributed by atoms with van der Waals surface area (Å²) < 4.78 is 27.3. The maximum Gasteiger partial charge on any atom is 0.310 e. The molecule has 4 rings (SSSR count). The summed E-state index contributed by atoms with van der Waals surface area (Å²) >= 11 is 0. The van der Waals surface area contributed by atoms with E-state index in [0.29, 0.717) is 32.3 Å². The molecule has 0 radical (unpaired) electrons. The summed E-state index contributed by atoms with van der Waals surface area (Å²) in [5.74, 6) is -2.96. The summed E-state index contributed by atoms with van der Waals surface area (Å²) in [7, 11) is 7.69. The highest BCUT2D eigenvalue weighted by Crippen LogP contribution is 2.44. The zero-order valence-corrected chi connectivity index (χ0v) is 32.7. The van der Waals surface area contributed by atoms with Crippen molar-refractivity contribution in [1.29, 1.82) is 0 Å². The van der Waals surface area contributed by atoms with E-state index >= 15 is 0 Å². The van der Waals surface area contributed by atoms with Crippen LogP contribution in [0.5, 0.6) is 0 Å². The van der Waals surface area contributed by atoms with Crippen molar-refractivity contribution in [1.82, 2.24) is 19.6 Å². The van der Waals surface area contributed by atoms with Crippen molar-refractivity contribution in [2.45, 2.75) is 89.4 Å². The molecular formula is C37H62N4O10. The maximum atomic E-state index is 14.6. The summed E-state index contributed by atoms with van der Waals surface area (Å²) in [5, 5.41) is 0. The van der Waals surface area contributed by atoms with Crippen LogP contribution in [-0.2, 0) is 47.7 Å². The molecule has 0 N–H and O–H groups in total. The van der Waals surface area contributed by atoms with Crippen LogP contribution in [0.4, 0.5) is 0 Å². The molecule has 0 unspecified atom stereocenters. The van der Waals surface area contributed by atoms with Gasteiger partial charge in [0.25, 0.3) is 0 Å². The topological polar surface area (TPSA) is 144 Å². The lowest BCUT2D eigenvalue weighted by atomic mass is 9.90. The smallest absolute Gasteiger partial charge is 0.310 e. The van der Waals surface area contributed by atoms with Crippen LogP contribution in [0.15, 0.2) is 0 Å². The summed E-state index contributed by atoms with van der Waals surface area (Å²) in [5.41, 5.74) is -2.87. The minimum Gasteiger partial charge on any atom is -0.469 e. The zero-order chi connectivity index (χ0) is 38.1. The first-order chi connectivity index (χ1) is 23.9. The molecule has 4 heterocycles. The Balaban J connectivity index is 1.58. The van der Waals surface area contributed by atoms with Gasteiger partial charge in [-0.05, 0) is 53.4 Å². The number of hydrogen-bond acceptors (Lipinski definition) is 10. The van der Waals surface area contributed by atoms with E-state index in [1.165, 1.54) is 7.11 Å². The van der Waals surface area contributed by atoms with Gasteiger partial charge in [-0.1, -0.05) is 13.8 Å². The standard InChI is InChI=1S/C37H62N4O10/c1-24(2)29(42)38-16-25(12-34(38,3)20-47-7)30(43)39-17-26(13-35(39,4)21-48-8)31(44)40-18-27(14-36(40,5)22-49-9)32(45)41-19-28(33(46)51-11)15-37(41,6)23-50-10/h24-28H,12-23H2,1-11H3/t25-,26-,27-,28-,34-,35-,36-,37-/m0/s1. The Hall–Kier alpha value is -2.81. The highest BCUT2D eigenvalue weighted by molar-refractivity contribution is 5.88. The summed E-state index contributed by atoms with van der Waals surface area (Å²) in [6, 6.07) is 0. The molecule has 14 nitrogen and oxygen atoms in total. The van der Waals surface area contributed by atoms with Gasteiger partial charge in [0.05, 0.1) is 79.4 Å². The minimum absolute atomic E-state index is 0.0215. The Bertz CT molecular complexity index is 1330. The summed E-state index contributed by atoms with van der Waals surface area (Å²) in [6.07, 6.45) is 1.65. The van der Waals surface area contributed by atoms with Gasteiger partial charge in [0.1, 0.15) is 0 Å². The van der Waals surface area contributed by atoms with Gasteiger partial charge in [-0.2, -0.15) is 0 Å². The van der Waals surface area contributed by atoms with Crippen molar-refractivity contribution in [2.24, 2.45) is 29.6 Å². The van der Waals surface area contributed by atoms with Gasteiger partial charge in [0.15, 0.2) is 0 Å². The average molecular weight is 723 g/mol. The molecule has 4 aliphatic rings. The largest absolute Gasteiger partial charge is 0.469 e. The second kappa shape index (κ2) is 15.7. The van der Waals surface area contributed by atoms with E-state index in [9.17, 15) is 24.0 Å². The van der Waals surface area contributed by atoms with Crippen LogP contribution in [-0.4, -0.2) is 160 Å². The fraction of sp³-hybridized carbons (Fsp3) is 0.865. The molecule has 4 saturated heterocycles. The van der Waals surface area contributed by atoms with E-state index in [-0.39, 0.29) is 81.5 Å². The number of amides is 4. The molecule has 290 valence electrons. The fourth-order valence-corrected chi connectivity index (χ4v) is 9.59. The molecule has 0 spiro atoms. The van der Waals surface area contributed by atoms with Crippen molar-refractivity contribution in [3.8, 4) is 0 Å². The van der Waals surface area contributed by atoms with Gasteiger partial charge in [-0.3, -0.25) is 24.0 Å². The monoisotopic (exact) mass is 722 g/mol. The molecule has 8 atom stereocenters. The predicted molar refractivity (Wildman–Crippen MR) is 187 cm³/mol. The zero-order valence-electron chi connectivity index (χ0n) is 32.7. The van der Waals surface area contributed by atoms with Crippen LogP contribution < -0.4 is 0 Å². The van der Waals surface area contributed by atoms with E-state index in [4.69, 9.17) is 23.7 Å². The molecule has 0 aromatic rings. The predicted octanol–water partition coefficient (Wildman–Crippen LogP) is 1.83. The first-order valence-corrected chi connectivity index (χ1v) is 18.2. The molecule has 51 heavy (non-hydrogen) atoms. The average Bonchev–Trinajstić information content (AvgIpc) is 3.80. The van der Waals surface area contributed by atoms with Crippen molar-refractivity contribution in [2.75, 3.05) is 88.2 Å². The first-order valence-electron chi connectivity index (χ1n) is 18.2. The lowest BCUT2D eigenvalue weighted by Crippen LogP contribution is -2.51. The molecule has 0 saturated carbocycles. The van der Waals surface area contributed by atoms with Crippen LogP contribution in [0.1, 0.15) is 67.2 Å². The molecule has 14 heteroatoms. The highest BCUT2D eigenvalue weighted by atomic mass is 16.5. The van der Waals surface area contributed by atoms with Crippen LogP contribution >= 0.6 is 0 Å². The van der Waals surface area contributed by atoms with Crippen molar-refractivity contribution in [3.05, 3.63) is 0 Å². The van der Waals surface area contributed by atoms with Gasteiger partial charge in [-0.15, -0.1) is 0 Å². The van der Waals surface area contributed by atoms with Gasteiger partial charge >= 0.3 is 5.97 Å². The lowest BCUT2D eigenvalue weighted by molar-refractivity contribution is -0.145. The second-order valence-electron chi connectivity index (χ2n) is 16.8. The number of ether oxygens (including phenoxy) is 5. The maximum absolute atomic E-state index is 14.6. The van der Waals surface area contributed by atoms with E-state index in [2.05, 4.69) is 0 Å². The van der Waals surface area contributed by atoms with Crippen LogP contribution in [0.3, 0.4) is 0 Å². The minimum atomic E-state index is -0.772. The lowest BCUT2D eigenvalue weighted by Gasteiger charge is -2.36.